The van der Waals surface area contributed by atoms with E-state index >= 15 is 0 Å². The van der Waals surface area contributed by atoms with E-state index in [1.54, 1.807) is 0 Å². The highest BCUT2D eigenvalue weighted by atomic mass is 16.3. The quantitative estimate of drug-likeness (QED) is 0.498. The van der Waals surface area contributed by atoms with E-state index in [0.717, 1.165) is 12.3 Å². The maximum atomic E-state index is 9.99. The van der Waals surface area contributed by atoms with Gasteiger partial charge in [0.15, 0.2) is 0 Å². The SMILES string of the molecule is OC12CCC1C1C=CC2C1. The largest absolute Gasteiger partial charge is 0.389 e. The second-order valence-electron chi connectivity index (χ2n) is 4.03. The van der Waals surface area contributed by atoms with E-state index in [9.17, 15) is 5.11 Å². The molecule has 0 aromatic carbocycles. The molecule has 2 fully saturated rings. The molecule has 3 rings (SSSR count). The van der Waals surface area contributed by atoms with Crippen LogP contribution in [0, 0.1) is 17.8 Å². The summed E-state index contributed by atoms with van der Waals surface area (Å²) >= 11 is 0. The molecular formula is C9H12O. The number of aliphatic hydroxyl groups is 1. The van der Waals surface area contributed by atoms with Gasteiger partial charge in [-0.1, -0.05) is 12.2 Å². The summed E-state index contributed by atoms with van der Waals surface area (Å²) in [6.45, 7) is 0. The topological polar surface area (TPSA) is 20.2 Å². The summed E-state index contributed by atoms with van der Waals surface area (Å²) in [4.78, 5) is 0. The van der Waals surface area contributed by atoms with Crippen LogP contribution in [-0.2, 0) is 0 Å². The van der Waals surface area contributed by atoms with Crippen molar-refractivity contribution in [2.75, 3.05) is 0 Å². The second-order valence-corrected chi connectivity index (χ2v) is 4.03. The highest BCUT2D eigenvalue weighted by molar-refractivity contribution is 5.24. The van der Waals surface area contributed by atoms with Crippen molar-refractivity contribution >= 4 is 0 Å². The zero-order valence-electron chi connectivity index (χ0n) is 5.96. The first-order chi connectivity index (χ1) is 4.81. The predicted octanol–water partition coefficient (Wildman–Crippen LogP) is 1.33. The van der Waals surface area contributed by atoms with Crippen LogP contribution in [0.2, 0.25) is 0 Å². The van der Waals surface area contributed by atoms with Gasteiger partial charge in [-0.2, -0.15) is 0 Å². The maximum absolute atomic E-state index is 9.99. The van der Waals surface area contributed by atoms with Crippen LogP contribution < -0.4 is 0 Å². The fourth-order valence-electron chi connectivity index (χ4n) is 3.05. The van der Waals surface area contributed by atoms with Crippen LogP contribution >= 0.6 is 0 Å². The Kier molecular flexibility index (Phi) is 0.713. The first-order valence-electron chi connectivity index (χ1n) is 4.21. The number of allylic oxidation sites excluding steroid dienone is 1. The Morgan fingerprint density at radius 2 is 2.30 bits per heavy atom. The van der Waals surface area contributed by atoms with Crippen molar-refractivity contribution in [3.8, 4) is 0 Å². The standard InChI is InChI=1S/C9H12O/c10-9-4-3-8(9)6-1-2-7(9)5-6/h1-2,6-8,10H,3-5H2. The maximum Gasteiger partial charge on any atom is 0.0744 e. The molecular weight excluding hydrogens is 124 g/mol. The van der Waals surface area contributed by atoms with E-state index in [1.165, 1.54) is 12.8 Å². The lowest BCUT2D eigenvalue weighted by atomic mass is 9.64. The molecule has 4 unspecified atom stereocenters. The first kappa shape index (κ1) is 5.36. The van der Waals surface area contributed by atoms with Crippen molar-refractivity contribution in [3.63, 3.8) is 0 Å². The summed E-state index contributed by atoms with van der Waals surface area (Å²) < 4.78 is 0. The Morgan fingerprint density at radius 1 is 1.40 bits per heavy atom. The van der Waals surface area contributed by atoms with Crippen LogP contribution in [0.25, 0.3) is 0 Å². The molecule has 0 radical (unpaired) electrons. The average Bonchev–Trinajstić information content (AvgIpc) is 2.36. The van der Waals surface area contributed by atoms with Gasteiger partial charge >= 0.3 is 0 Å². The molecule has 0 heterocycles. The van der Waals surface area contributed by atoms with E-state index in [4.69, 9.17) is 0 Å². The number of rotatable bonds is 0. The van der Waals surface area contributed by atoms with Gasteiger partial charge in [-0.05, 0) is 31.1 Å². The fraction of sp³-hybridized carbons (Fsp3) is 0.778. The Morgan fingerprint density at radius 3 is 2.70 bits per heavy atom. The normalized spacial score (nSPS) is 62.3. The molecule has 4 atom stereocenters. The Balaban J connectivity index is 2.08. The molecule has 54 valence electrons. The summed E-state index contributed by atoms with van der Waals surface area (Å²) in [5, 5.41) is 9.99. The van der Waals surface area contributed by atoms with Crippen LogP contribution in [-0.4, -0.2) is 10.7 Å². The molecule has 0 aromatic heterocycles. The molecule has 0 saturated heterocycles. The zero-order chi connectivity index (χ0) is 6.77. The number of fused-ring (bicyclic) bond motifs is 5. The van der Waals surface area contributed by atoms with Gasteiger partial charge < -0.3 is 5.11 Å². The average molecular weight is 136 g/mol. The lowest BCUT2D eigenvalue weighted by Gasteiger charge is -2.46. The molecule has 3 aliphatic carbocycles. The van der Waals surface area contributed by atoms with Gasteiger partial charge in [0.1, 0.15) is 0 Å². The fourth-order valence-corrected chi connectivity index (χ4v) is 3.05. The third-order valence-electron chi connectivity index (χ3n) is 3.77. The van der Waals surface area contributed by atoms with Crippen LogP contribution in [0.3, 0.4) is 0 Å². The molecule has 3 aliphatic rings. The first-order valence-corrected chi connectivity index (χ1v) is 4.21. The van der Waals surface area contributed by atoms with E-state index in [0.29, 0.717) is 11.8 Å². The van der Waals surface area contributed by atoms with Crippen molar-refractivity contribution in [2.45, 2.75) is 24.9 Å². The summed E-state index contributed by atoms with van der Waals surface area (Å²) in [6.07, 6.45) is 8.09. The van der Waals surface area contributed by atoms with Gasteiger partial charge in [0, 0.05) is 5.92 Å². The summed E-state index contributed by atoms with van der Waals surface area (Å²) in [5.74, 6) is 1.91. The molecule has 1 nitrogen and oxygen atoms in total. The van der Waals surface area contributed by atoms with E-state index in [2.05, 4.69) is 12.2 Å². The van der Waals surface area contributed by atoms with Gasteiger partial charge in [-0.25, -0.2) is 0 Å². The molecule has 1 N–H and O–H groups in total. The molecule has 0 spiro atoms. The zero-order valence-corrected chi connectivity index (χ0v) is 5.96. The molecule has 2 saturated carbocycles. The van der Waals surface area contributed by atoms with Crippen molar-refractivity contribution < 1.29 is 5.11 Å². The minimum atomic E-state index is -0.237. The van der Waals surface area contributed by atoms with Gasteiger partial charge in [0.2, 0.25) is 0 Å². The summed E-state index contributed by atoms with van der Waals surface area (Å²) in [7, 11) is 0. The lowest BCUT2D eigenvalue weighted by molar-refractivity contribution is -0.102. The Hall–Kier alpha value is -0.300. The Bertz CT molecular complexity index is 209. The molecule has 2 bridgehead atoms. The van der Waals surface area contributed by atoms with Crippen molar-refractivity contribution in [3.05, 3.63) is 12.2 Å². The number of hydrogen-bond acceptors (Lipinski definition) is 1. The molecule has 0 aromatic rings. The van der Waals surface area contributed by atoms with Crippen LogP contribution in [0.5, 0.6) is 0 Å². The molecule has 10 heavy (non-hydrogen) atoms. The minimum Gasteiger partial charge on any atom is -0.389 e. The van der Waals surface area contributed by atoms with Crippen LogP contribution in [0.4, 0.5) is 0 Å². The van der Waals surface area contributed by atoms with Gasteiger partial charge in [0.05, 0.1) is 5.60 Å². The smallest absolute Gasteiger partial charge is 0.0744 e. The molecule has 0 aliphatic heterocycles. The second kappa shape index (κ2) is 1.33. The minimum absolute atomic E-state index is 0.237. The molecule has 1 heteroatoms. The third-order valence-corrected chi connectivity index (χ3v) is 3.77. The monoisotopic (exact) mass is 136 g/mol. The Labute approximate surface area is 60.7 Å². The van der Waals surface area contributed by atoms with Crippen molar-refractivity contribution in [1.82, 2.24) is 0 Å². The van der Waals surface area contributed by atoms with Gasteiger partial charge in [-0.15, -0.1) is 0 Å². The van der Waals surface area contributed by atoms with Crippen LogP contribution in [0.1, 0.15) is 19.3 Å². The van der Waals surface area contributed by atoms with E-state index in [1.807, 2.05) is 0 Å². The van der Waals surface area contributed by atoms with Crippen molar-refractivity contribution in [1.29, 1.82) is 0 Å². The molecule has 0 amide bonds. The predicted molar refractivity (Wildman–Crippen MR) is 38.4 cm³/mol. The van der Waals surface area contributed by atoms with Gasteiger partial charge in [0.25, 0.3) is 0 Å². The summed E-state index contributed by atoms with van der Waals surface area (Å²) in [5.41, 5.74) is -0.237. The van der Waals surface area contributed by atoms with Crippen LogP contribution in [0.15, 0.2) is 12.2 Å². The number of hydrogen-bond donors (Lipinski definition) is 1. The summed E-state index contributed by atoms with van der Waals surface area (Å²) in [6, 6.07) is 0. The van der Waals surface area contributed by atoms with Crippen molar-refractivity contribution in [2.24, 2.45) is 17.8 Å². The highest BCUT2D eigenvalue weighted by Gasteiger charge is 2.60. The van der Waals surface area contributed by atoms with E-state index < -0.39 is 0 Å². The lowest BCUT2D eigenvalue weighted by Crippen LogP contribution is -2.49. The third kappa shape index (κ3) is 0.367. The van der Waals surface area contributed by atoms with Gasteiger partial charge in [-0.3, -0.25) is 0 Å². The highest BCUT2D eigenvalue weighted by Crippen LogP contribution is 2.60. The van der Waals surface area contributed by atoms with E-state index in [-0.39, 0.29) is 5.60 Å².